The van der Waals surface area contributed by atoms with Gasteiger partial charge in [0.25, 0.3) is 5.91 Å². The number of nitrogens with zero attached hydrogens (tertiary/aromatic N) is 1. The van der Waals surface area contributed by atoms with Crippen molar-refractivity contribution in [3.8, 4) is 17.2 Å². The topological polar surface area (TPSA) is 78.5 Å². The van der Waals surface area contributed by atoms with Crippen LogP contribution in [0.15, 0.2) is 59.4 Å². The number of rotatable bonds is 11. The second-order valence-electron chi connectivity index (χ2n) is 11.1. The minimum absolute atomic E-state index is 0.0703. The Labute approximate surface area is 248 Å². The van der Waals surface area contributed by atoms with Crippen LogP contribution >= 0.6 is 0 Å². The van der Waals surface area contributed by atoms with E-state index in [1.165, 1.54) is 12.1 Å². The van der Waals surface area contributed by atoms with Gasteiger partial charge in [-0.2, -0.15) is 0 Å². The lowest BCUT2D eigenvalue weighted by atomic mass is 9.93. The SMILES string of the molecule is C/C=C1/NC(C)(C)C(=O)N(C)/C1=C(\COc1cc(F)ccc1C)Cc1ccc(OCCOC2CCCCO2)cc1OC. The Hall–Kier alpha value is -3.56. The minimum Gasteiger partial charge on any atom is -0.496 e. The molecular weight excluding hydrogens is 539 g/mol. The highest BCUT2D eigenvalue weighted by molar-refractivity contribution is 5.89. The fourth-order valence-electron chi connectivity index (χ4n) is 5.26. The molecule has 42 heavy (non-hydrogen) atoms. The lowest BCUT2D eigenvalue weighted by Crippen LogP contribution is -2.58. The summed E-state index contributed by atoms with van der Waals surface area (Å²) in [5.74, 6) is 1.31. The van der Waals surface area contributed by atoms with E-state index in [2.05, 4.69) is 5.32 Å². The van der Waals surface area contributed by atoms with Crippen molar-refractivity contribution in [3.63, 3.8) is 0 Å². The molecule has 2 fully saturated rings. The first kappa shape index (κ1) is 31.4. The zero-order valence-corrected chi connectivity index (χ0v) is 25.6. The van der Waals surface area contributed by atoms with Gasteiger partial charge in [0.05, 0.1) is 25.1 Å². The molecule has 2 saturated heterocycles. The van der Waals surface area contributed by atoms with Crippen LogP contribution in [0.2, 0.25) is 0 Å². The van der Waals surface area contributed by atoms with Gasteiger partial charge in [-0.25, -0.2) is 4.39 Å². The second-order valence-corrected chi connectivity index (χ2v) is 11.1. The van der Waals surface area contributed by atoms with Crippen molar-refractivity contribution in [1.82, 2.24) is 10.2 Å². The largest absolute Gasteiger partial charge is 0.496 e. The number of piperazine rings is 1. The molecule has 228 valence electrons. The molecule has 2 heterocycles. The van der Waals surface area contributed by atoms with Gasteiger partial charge in [0, 0.05) is 32.2 Å². The fourth-order valence-corrected chi connectivity index (χ4v) is 5.26. The Morgan fingerprint density at radius 3 is 2.67 bits per heavy atom. The van der Waals surface area contributed by atoms with Gasteiger partial charge >= 0.3 is 0 Å². The lowest BCUT2D eigenvalue weighted by Gasteiger charge is -2.41. The highest BCUT2D eigenvalue weighted by atomic mass is 19.1. The number of allylic oxidation sites excluding steroid dienone is 1. The average Bonchev–Trinajstić information content (AvgIpc) is 2.98. The van der Waals surface area contributed by atoms with E-state index in [0.717, 1.165) is 54.0 Å². The van der Waals surface area contributed by atoms with Gasteiger partial charge in [-0.1, -0.05) is 18.2 Å². The number of carbonyl (C=O) groups excluding carboxylic acids is 1. The Bertz CT molecular complexity index is 1320. The van der Waals surface area contributed by atoms with Crippen LogP contribution in [0.4, 0.5) is 4.39 Å². The predicted molar refractivity (Wildman–Crippen MR) is 159 cm³/mol. The maximum atomic E-state index is 14.0. The van der Waals surface area contributed by atoms with Crippen molar-refractivity contribution in [3.05, 3.63) is 76.4 Å². The first-order valence-electron chi connectivity index (χ1n) is 14.5. The Morgan fingerprint density at radius 1 is 1.14 bits per heavy atom. The minimum atomic E-state index is -0.769. The van der Waals surface area contributed by atoms with Crippen molar-refractivity contribution in [2.45, 2.75) is 65.2 Å². The number of carbonyl (C=O) groups is 1. The molecule has 1 amide bonds. The molecule has 0 bridgehead atoms. The molecule has 2 aromatic rings. The summed E-state index contributed by atoms with van der Waals surface area (Å²) in [6.07, 6.45) is 5.31. The van der Waals surface area contributed by atoms with Gasteiger partial charge in [-0.05, 0) is 75.8 Å². The molecule has 0 aliphatic carbocycles. The zero-order chi connectivity index (χ0) is 30.3. The van der Waals surface area contributed by atoms with Gasteiger partial charge in [0.15, 0.2) is 6.29 Å². The molecule has 2 aromatic carbocycles. The summed E-state index contributed by atoms with van der Waals surface area (Å²) < 4.78 is 43.3. The number of likely N-dealkylation sites (N-methyl/N-ethyl adjacent to an activating group) is 1. The molecule has 8 nitrogen and oxygen atoms in total. The molecule has 1 atom stereocenters. The molecule has 0 saturated carbocycles. The first-order valence-corrected chi connectivity index (χ1v) is 14.5. The molecular formula is C33H43FN2O6. The number of hydrogen-bond donors (Lipinski definition) is 1. The second kappa shape index (κ2) is 14.1. The zero-order valence-electron chi connectivity index (χ0n) is 25.6. The Kier molecular flexibility index (Phi) is 10.5. The molecule has 0 spiro atoms. The number of ether oxygens (including phenoxy) is 5. The van der Waals surface area contributed by atoms with E-state index in [9.17, 15) is 9.18 Å². The molecule has 4 rings (SSSR count). The summed E-state index contributed by atoms with van der Waals surface area (Å²) in [6, 6.07) is 10.2. The number of amides is 1. The van der Waals surface area contributed by atoms with E-state index in [4.69, 9.17) is 23.7 Å². The summed E-state index contributed by atoms with van der Waals surface area (Å²) in [5, 5.41) is 3.37. The summed E-state index contributed by atoms with van der Waals surface area (Å²) in [7, 11) is 3.38. The van der Waals surface area contributed by atoms with Crippen molar-refractivity contribution < 1.29 is 32.9 Å². The molecule has 2 aliphatic heterocycles. The third kappa shape index (κ3) is 7.63. The van der Waals surface area contributed by atoms with Crippen LogP contribution in [-0.2, 0) is 20.7 Å². The van der Waals surface area contributed by atoms with Crippen LogP contribution in [0.1, 0.15) is 51.2 Å². The highest BCUT2D eigenvalue weighted by Gasteiger charge is 2.39. The van der Waals surface area contributed by atoms with E-state index >= 15 is 0 Å². The highest BCUT2D eigenvalue weighted by Crippen LogP contribution is 2.33. The monoisotopic (exact) mass is 582 g/mol. The van der Waals surface area contributed by atoms with E-state index < -0.39 is 5.54 Å². The van der Waals surface area contributed by atoms with E-state index in [0.29, 0.717) is 36.9 Å². The number of halogens is 1. The molecule has 1 N–H and O–H groups in total. The number of methoxy groups -OCH3 is 1. The molecule has 2 aliphatic rings. The standard InChI is InChI=1S/C33H43FN2O6/c1-7-27-31(36(5)32(37)33(3,4)35-27)24(21-42-28-19-25(34)13-11-22(28)2)18-23-12-14-26(20-29(23)38-6)39-16-17-41-30-10-8-9-15-40-30/h7,11-14,19-20,30,35H,8-10,15-18,21H2,1-6H3/b27-7+,31-24-. The lowest BCUT2D eigenvalue weighted by molar-refractivity contribution is -0.165. The summed E-state index contributed by atoms with van der Waals surface area (Å²) >= 11 is 0. The number of benzene rings is 2. The number of aryl methyl sites for hydroxylation is 1. The third-order valence-corrected chi connectivity index (χ3v) is 7.51. The summed E-state index contributed by atoms with van der Waals surface area (Å²) in [6.45, 7) is 9.19. The smallest absolute Gasteiger partial charge is 0.251 e. The van der Waals surface area contributed by atoms with Crippen LogP contribution in [0.25, 0.3) is 0 Å². The Balaban J connectivity index is 1.58. The number of hydrogen-bond acceptors (Lipinski definition) is 7. The van der Waals surface area contributed by atoms with Crippen LogP contribution in [-0.4, -0.2) is 63.2 Å². The normalized spacial score (nSPS) is 20.7. The molecule has 1 unspecified atom stereocenters. The predicted octanol–water partition coefficient (Wildman–Crippen LogP) is 5.68. The van der Waals surface area contributed by atoms with E-state index in [-0.39, 0.29) is 24.6 Å². The van der Waals surface area contributed by atoms with Crippen molar-refractivity contribution in [2.24, 2.45) is 0 Å². The summed E-state index contributed by atoms with van der Waals surface area (Å²) in [5.41, 5.74) is 3.31. The van der Waals surface area contributed by atoms with Crippen LogP contribution in [0.5, 0.6) is 17.2 Å². The van der Waals surface area contributed by atoms with E-state index in [1.54, 1.807) is 25.1 Å². The van der Waals surface area contributed by atoms with Gasteiger partial charge < -0.3 is 33.9 Å². The van der Waals surface area contributed by atoms with Gasteiger partial charge in [0.1, 0.15) is 41.8 Å². The van der Waals surface area contributed by atoms with E-state index in [1.807, 2.05) is 52.0 Å². The maximum Gasteiger partial charge on any atom is 0.251 e. The number of nitrogens with one attached hydrogen (secondary N) is 1. The Morgan fingerprint density at radius 2 is 1.95 bits per heavy atom. The third-order valence-electron chi connectivity index (χ3n) is 7.51. The van der Waals surface area contributed by atoms with Gasteiger partial charge in [-0.15, -0.1) is 0 Å². The van der Waals surface area contributed by atoms with Crippen LogP contribution in [0.3, 0.4) is 0 Å². The first-order chi connectivity index (χ1) is 20.1. The molecule has 0 aromatic heterocycles. The van der Waals surface area contributed by atoms with Crippen molar-refractivity contribution >= 4 is 5.91 Å². The van der Waals surface area contributed by atoms with Crippen molar-refractivity contribution in [2.75, 3.05) is 40.6 Å². The fraction of sp³-hybridized carbons (Fsp3) is 0.485. The molecule has 0 radical (unpaired) electrons. The van der Waals surface area contributed by atoms with Crippen LogP contribution < -0.4 is 19.5 Å². The van der Waals surface area contributed by atoms with Gasteiger partial charge in [0.2, 0.25) is 0 Å². The molecule has 9 heteroatoms. The average molecular weight is 583 g/mol. The summed E-state index contributed by atoms with van der Waals surface area (Å²) in [4.78, 5) is 15.0. The van der Waals surface area contributed by atoms with Crippen LogP contribution in [0, 0.1) is 12.7 Å². The van der Waals surface area contributed by atoms with Gasteiger partial charge in [-0.3, -0.25) is 4.79 Å². The quantitative estimate of drug-likeness (QED) is 0.342. The van der Waals surface area contributed by atoms with Crippen molar-refractivity contribution in [1.29, 1.82) is 0 Å². The maximum absolute atomic E-state index is 14.0.